The molecule has 2 aromatic rings. The Labute approximate surface area is 129 Å². The summed E-state index contributed by atoms with van der Waals surface area (Å²) in [5, 5.41) is 11.7. The highest BCUT2D eigenvalue weighted by atomic mass is 127. The quantitative estimate of drug-likeness (QED) is 0.776. The molecular weight excluding hydrogens is 373 g/mol. The maximum atomic E-state index is 11.8. The number of benzene rings is 1. The molecule has 5 nitrogen and oxygen atoms in total. The molecule has 0 aliphatic rings. The Hall–Kier alpha value is -1.83. The molecule has 6 heteroatoms. The number of carbonyl (C=O) groups is 2. The summed E-state index contributed by atoms with van der Waals surface area (Å²) in [7, 11) is 0. The van der Waals surface area contributed by atoms with Gasteiger partial charge in [-0.2, -0.15) is 0 Å². The third-order valence-electron chi connectivity index (χ3n) is 2.66. The lowest BCUT2D eigenvalue weighted by Gasteiger charge is -2.08. The van der Waals surface area contributed by atoms with E-state index in [4.69, 9.17) is 9.52 Å². The van der Waals surface area contributed by atoms with Crippen LogP contribution in [0, 0.1) is 3.57 Å². The molecule has 1 aromatic carbocycles. The van der Waals surface area contributed by atoms with Gasteiger partial charge in [0.15, 0.2) is 0 Å². The van der Waals surface area contributed by atoms with E-state index < -0.39 is 5.97 Å². The fourth-order valence-corrected chi connectivity index (χ4v) is 2.20. The van der Waals surface area contributed by atoms with E-state index in [9.17, 15) is 9.59 Å². The van der Waals surface area contributed by atoms with Crippen molar-refractivity contribution in [3.8, 4) is 0 Å². The zero-order chi connectivity index (χ0) is 14.5. The number of carboxylic acids is 1. The third-order valence-corrected chi connectivity index (χ3v) is 3.34. The van der Waals surface area contributed by atoms with Gasteiger partial charge in [-0.15, -0.1) is 0 Å². The fraction of sp³-hybridized carbons (Fsp3) is 0.143. The van der Waals surface area contributed by atoms with Gasteiger partial charge in [-0.1, -0.05) is 0 Å². The minimum absolute atomic E-state index is 0.0863. The van der Waals surface area contributed by atoms with Crippen molar-refractivity contribution >= 4 is 40.2 Å². The van der Waals surface area contributed by atoms with Gasteiger partial charge in [0.2, 0.25) is 5.91 Å². The van der Waals surface area contributed by atoms with Crippen molar-refractivity contribution in [2.24, 2.45) is 0 Å². The lowest BCUT2D eigenvalue weighted by atomic mass is 10.1. The maximum absolute atomic E-state index is 11.8. The molecule has 0 fully saturated rings. The first-order chi connectivity index (χ1) is 9.56. The lowest BCUT2D eigenvalue weighted by molar-refractivity contribution is -0.116. The number of aromatic carboxylic acids is 1. The second-order valence-corrected chi connectivity index (χ2v) is 5.37. The van der Waals surface area contributed by atoms with Crippen LogP contribution in [-0.2, 0) is 11.2 Å². The SMILES string of the molecule is O=C(CCc1ccco1)Nc1ccc(I)cc1C(=O)O. The van der Waals surface area contributed by atoms with Crippen LogP contribution in [0.1, 0.15) is 22.5 Å². The normalized spacial score (nSPS) is 10.2. The Morgan fingerprint density at radius 2 is 2.10 bits per heavy atom. The van der Waals surface area contributed by atoms with E-state index in [1.54, 1.807) is 30.5 Å². The summed E-state index contributed by atoms with van der Waals surface area (Å²) >= 11 is 2.02. The number of carboxylic acid groups (broad SMARTS) is 1. The highest BCUT2D eigenvalue weighted by molar-refractivity contribution is 14.1. The van der Waals surface area contributed by atoms with Crippen LogP contribution < -0.4 is 5.32 Å². The number of rotatable bonds is 5. The minimum atomic E-state index is -1.06. The van der Waals surface area contributed by atoms with E-state index in [0.717, 1.165) is 9.33 Å². The van der Waals surface area contributed by atoms with Crippen LogP contribution in [0.15, 0.2) is 41.0 Å². The van der Waals surface area contributed by atoms with Gasteiger partial charge in [-0.25, -0.2) is 4.79 Å². The van der Waals surface area contributed by atoms with Crippen molar-refractivity contribution in [1.82, 2.24) is 0 Å². The van der Waals surface area contributed by atoms with Gasteiger partial charge < -0.3 is 14.8 Å². The Morgan fingerprint density at radius 3 is 2.75 bits per heavy atom. The summed E-state index contributed by atoms with van der Waals surface area (Å²) in [5.41, 5.74) is 0.394. The number of anilines is 1. The predicted octanol–water partition coefficient (Wildman–Crippen LogP) is 3.15. The number of nitrogens with one attached hydrogen (secondary N) is 1. The van der Waals surface area contributed by atoms with Crippen molar-refractivity contribution in [2.75, 3.05) is 5.32 Å². The molecule has 0 atom stereocenters. The van der Waals surface area contributed by atoms with E-state index in [0.29, 0.717) is 12.1 Å². The number of hydrogen-bond acceptors (Lipinski definition) is 3. The van der Waals surface area contributed by atoms with Crippen LogP contribution in [0.4, 0.5) is 5.69 Å². The van der Waals surface area contributed by atoms with E-state index in [1.165, 1.54) is 6.07 Å². The number of amides is 1. The van der Waals surface area contributed by atoms with Gasteiger partial charge in [0.05, 0.1) is 17.5 Å². The number of furan rings is 1. The lowest BCUT2D eigenvalue weighted by Crippen LogP contribution is -2.15. The summed E-state index contributed by atoms with van der Waals surface area (Å²) in [6.45, 7) is 0. The molecule has 1 heterocycles. The van der Waals surface area contributed by atoms with Crippen LogP contribution >= 0.6 is 22.6 Å². The summed E-state index contributed by atoms with van der Waals surface area (Å²) in [4.78, 5) is 23.0. The maximum Gasteiger partial charge on any atom is 0.337 e. The summed E-state index contributed by atoms with van der Waals surface area (Å²) in [6, 6.07) is 8.41. The molecule has 0 spiro atoms. The standard InChI is InChI=1S/C14H12INO4/c15-9-3-5-12(11(8-9)14(18)19)16-13(17)6-4-10-2-1-7-20-10/h1-3,5,7-8H,4,6H2,(H,16,17)(H,18,19). The van der Waals surface area contributed by atoms with Crippen LogP contribution in [0.3, 0.4) is 0 Å². The molecule has 104 valence electrons. The smallest absolute Gasteiger partial charge is 0.337 e. The van der Waals surface area contributed by atoms with Gasteiger partial charge in [-0.3, -0.25) is 4.79 Å². The third kappa shape index (κ3) is 3.83. The first-order valence-electron chi connectivity index (χ1n) is 5.91. The van der Waals surface area contributed by atoms with Crippen molar-refractivity contribution < 1.29 is 19.1 Å². The van der Waals surface area contributed by atoms with Gasteiger partial charge in [0.25, 0.3) is 0 Å². The molecule has 0 saturated carbocycles. The number of halogens is 1. The van der Waals surface area contributed by atoms with Crippen molar-refractivity contribution in [3.63, 3.8) is 0 Å². The molecule has 2 N–H and O–H groups in total. The van der Waals surface area contributed by atoms with Crippen LogP contribution in [-0.4, -0.2) is 17.0 Å². The molecule has 0 radical (unpaired) electrons. The summed E-state index contributed by atoms with van der Waals surface area (Å²) < 4.78 is 5.94. The first-order valence-corrected chi connectivity index (χ1v) is 6.99. The number of carbonyl (C=O) groups excluding carboxylic acids is 1. The van der Waals surface area contributed by atoms with E-state index in [-0.39, 0.29) is 17.9 Å². The molecule has 1 amide bonds. The fourth-order valence-electron chi connectivity index (χ4n) is 1.71. The van der Waals surface area contributed by atoms with Gasteiger partial charge in [0.1, 0.15) is 5.76 Å². The van der Waals surface area contributed by atoms with Gasteiger partial charge in [0, 0.05) is 16.4 Å². The van der Waals surface area contributed by atoms with Gasteiger partial charge in [-0.05, 0) is 52.9 Å². The number of hydrogen-bond donors (Lipinski definition) is 2. The molecule has 0 aliphatic heterocycles. The zero-order valence-corrected chi connectivity index (χ0v) is 12.6. The monoisotopic (exact) mass is 385 g/mol. The van der Waals surface area contributed by atoms with Crippen LogP contribution in [0.5, 0.6) is 0 Å². The highest BCUT2D eigenvalue weighted by Gasteiger charge is 2.13. The van der Waals surface area contributed by atoms with E-state index in [2.05, 4.69) is 5.32 Å². The largest absolute Gasteiger partial charge is 0.478 e. The average molecular weight is 385 g/mol. The number of aryl methyl sites for hydroxylation is 1. The molecule has 0 aliphatic carbocycles. The molecule has 0 unspecified atom stereocenters. The van der Waals surface area contributed by atoms with Crippen LogP contribution in [0.2, 0.25) is 0 Å². The summed E-state index contributed by atoms with van der Waals surface area (Å²) in [5.74, 6) is -0.587. The molecule has 2 rings (SSSR count). The minimum Gasteiger partial charge on any atom is -0.478 e. The van der Waals surface area contributed by atoms with E-state index in [1.807, 2.05) is 22.6 Å². The Morgan fingerprint density at radius 1 is 1.30 bits per heavy atom. The topological polar surface area (TPSA) is 79.5 Å². The van der Waals surface area contributed by atoms with Crippen LogP contribution in [0.25, 0.3) is 0 Å². The van der Waals surface area contributed by atoms with Crippen molar-refractivity contribution in [3.05, 3.63) is 51.5 Å². The van der Waals surface area contributed by atoms with E-state index >= 15 is 0 Å². The average Bonchev–Trinajstić information content (AvgIpc) is 2.91. The second-order valence-electron chi connectivity index (χ2n) is 4.12. The highest BCUT2D eigenvalue weighted by Crippen LogP contribution is 2.19. The Kier molecular flexibility index (Phi) is 4.78. The van der Waals surface area contributed by atoms with Crippen molar-refractivity contribution in [1.29, 1.82) is 0 Å². The molecule has 0 bridgehead atoms. The predicted molar refractivity (Wildman–Crippen MR) is 81.8 cm³/mol. The van der Waals surface area contributed by atoms with Gasteiger partial charge >= 0.3 is 5.97 Å². The molecule has 1 aromatic heterocycles. The van der Waals surface area contributed by atoms with Crippen molar-refractivity contribution in [2.45, 2.75) is 12.8 Å². The summed E-state index contributed by atoms with van der Waals surface area (Å²) in [6.07, 6.45) is 2.26. The molecule has 0 saturated heterocycles. The Bertz CT molecular complexity index is 622. The molecular formula is C14H12INO4. The zero-order valence-electron chi connectivity index (χ0n) is 10.4. The molecule has 20 heavy (non-hydrogen) atoms. The second kappa shape index (κ2) is 6.56. The Balaban J connectivity index is 2.02. The first kappa shape index (κ1) is 14.6.